The van der Waals surface area contributed by atoms with Gasteiger partial charge in [-0.15, -0.1) is 0 Å². The number of hydrogen-bond donors (Lipinski definition) is 3. The second-order valence-electron chi connectivity index (χ2n) is 5.93. The van der Waals surface area contributed by atoms with E-state index < -0.39 is 23.9 Å². The maximum atomic E-state index is 13.3. The van der Waals surface area contributed by atoms with E-state index in [9.17, 15) is 14.3 Å². The predicted molar refractivity (Wildman–Crippen MR) is 97.3 cm³/mol. The lowest BCUT2D eigenvalue weighted by atomic mass is 10.0. The first kappa shape index (κ1) is 18.1. The average Bonchev–Trinajstić information content (AvgIpc) is 3.11. The van der Waals surface area contributed by atoms with Gasteiger partial charge in [0.05, 0.1) is 29.6 Å². The van der Waals surface area contributed by atoms with Crippen LogP contribution < -0.4 is 5.32 Å². The van der Waals surface area contributed by atoms with Crippen molar-refractivity contribution in [3.63, 3.8) is 0 Å². The summed E-state index contributed by atoms with van der Waals surface area (Å²) >= 11 is 6.00. The summed E-state index contributed by atoms with van der Waals surface area (Å²) in [5, 5.41) is 20.3. The zero-order chi connectivity index (χ0) is 18.7. The second-order valence-corrected chi connectivity index (χ2v) is 6.37. The van der Waals surface area contributed by atoms with Crippen molar-refractivity contribution in [1.82, 2.24) is 15.5 Å². The third-order valence-electron chi connectivity index (χ3n) is 4.02. The standard InChI is InChI=1S/C19H17ClFN3O2/c1-11(18(25)13-5-3-7-15(21)9-13)23-19(26)16-10-22-24-17(16)12-4-2-6-14(20)8-12/h2-11,18,25H,1H3,(H,22,24)(H,23,26). The topological polar surface area (TPSA) is 78.0 Å². The number of nitrogens with one attached hydrogen (secondary N) is 2. The number of H-pyrrole nitrogens is 1. The lowest BCUT2D eigenvalue weighted by Crippen LogP contribution is -2.37. The average molecular weight is 374 g/mol. The molecule has 2 unspecified atom stereocenters. The van der Waals surface area contributed by atoms with Crippen molar-refractivity contribution in [3.05, 3.63) is 76.7 Å². The number of rotatable bonds is 5. The van der Waals surface area contributed by atoms with E-state index >= 15 is 0 Å². The fourth-order valence-electron chi connectivity index (χ4n) is 2.67. The molecule has 1 aromatic heterocycles. The Kier molecular flexibility index (Phi) is 5.35. The number of carbonyl (C=O) groups is 1. The quantitative estimate of drug-likeness (QED) is 0.637. The Balaban J connectivity index is 1.77. The number of benzene rings is 2. The lowest BCUT2D eigenvalue weighted by Gasteiger charge is -2.20. The number of aliphatic hydroxyl groups is 1. The highest BCUT2D eigenvalue weighted by atomic mass is 35.5. The van der Waals surface area contributed by atoms with Gasteiger partial charge < -0.3 is 10.4 Å². The molecule has 0 radical (unpaired) electrons. The molecule has 0 bridgehead atoms. The van der Waals surface area contributed by atoms with Gasteiger partial charge >= 0.3 is 0 Å². The molecule has 3 aromatic rings. The Morgan fingerprint density at radius 3 is 2.77 bits per heavy atom. The molecule has 2 atom stereocenters. The first-order valence-electron chi connectivity index (χ1n) is 7.99. The summed E-state index contributed by atoms with van der Waals surface area (Å²) in [5.74, 6) is -0.852. The minimum atomic E-state index is -1.05. The van der Waals surface area contributed by atoms with Crippen LogP contribution in [0.2, 0.25) is 5.02 Å². The van der Waals surface area contributed by atoms with E-state index in [4.69, 9.17) is 11.6 Å². The Labute approximate surface area is 154 Å². The van der Waals surface area contributed by atoms with E-state index in [1.807, 2.05) is 0 Å². The monoisotopic (exact) mass is 373 g/mol. The molecule has 26 heavy (non-hydrogen) atoms. The Morgan fingerprint density at radius 1 is 1.27 bits per heavy atom. The summed E-state index contributed by atoms with van der Waals surface area (Å²) in [7, 11) is 0. The number of aromatic amines is 1. The molecule has 7 heteroatoms. The summed E-state index contributed by atoms with van der Waals surface area (Å²) in [6, 6.07) is 12.0. The van der Waals surface area contributed by atoms with E-state index in [0.29, 0.717) is 21.8 Å². The van der Waals surface area contributed by atoms with Gasteiger partial charge in [-0.2, -0.15) is 5.10 Å². The first-order valence-corrected chi connectivity index (χ1v) is 8.37. The molecule has 5 nitrogen and oxygen atoms in total. The van der Waals surface area contributed by atoms with E-state index in [1.165, 1.54) is 24.4 Å². The van der Waals surface area contributed by atoms with Gasteiger partial charge in [-0.25, -0.2) is 4.39 Å². The van der Waals surface area contributed by atoms with Crippen molar-refractivity contribution in [3.8, 4) is 11.3 Å². The normalized spacial score (nSPS) is 13.2. The summed E-state index contributed by atoms with van der Waals surface area (Å²) in [6.45, 7) is 1.65. The number of aromatic nitrogens is 2. The van der Waals surface area contributed by atoms with Gasteiger partial charge in [0.15, 0.2) is 0 Å². The fourth-order valence-corrected chi connectivity index (χ4v) is 2.86. The maximum Gasteiger partial charge on any atom is 0.255 e. The van der Waals surface area contributed by atoms with Crippen molar-refractivity contribution in [1.29, 1.82) is 0 Å². The smallest absolute Gasteiger partial charge is 0.255 e. The van der Waals surface area contributed by atoms with Gasteiger partial charge in [0, 0.05) is 10.6 Å². The first-order chi connectivity index (χ1) is 12.5. The van der Waals surface area contributed by atoms with E-state index in [1.54, 1.807) is 37.3 Å². The molecule has 1 heterocycles. The van der Waals surface area contributed by atoms with Crippen LogP contribution in [0.5, 0.6) is 0 Å². The molecule has 1 amide bonds. The molecule has 0 aliphatic heterocycles. The zero-order valence-corrected chi connectivity index (χ0v) is 14.7. The Morgan fingerprint density at radius 2 is 2.04 bits per heavy atom. The highest BCUT2D eigenvalue weighted by Crippen LogP contribution is 2.24. The van der Waals surface area contributed by atoms with Crippen molar-refractivity contribution >= 4 is 17.5 Å². The van der Waals surface area contributed by atoms with Gasteiger partial charge in [-0.1, -0.05) is 35.9 Å². The summed E-state index contributed by atoms with van der Waals surface area (Å²) in [6.07, 6.45) is 0.364. The van der Waals surface area contributed by atoms with Gasteiger partial charge in [0.1, 0.15) is 5.82 Å². The van der Waals surface area contributed by atoms with Crippen LogP contribution in [0.4, 0.5) is 4.39 Å². The summed E-state index contributed by atoms with van der Waals surface area (Å²) < 4.78 is 13.3. The number of hydrogen-bond acceptors (Lipinski definition) is 3. The molecule has 2 aromatic carbocycles. The molecule has 0 saturated heterocycles. The van der Waals surface area contributed by atoms with Crippen molar-refractivity contribution < 1.29 is 14.3 Å². The van der Waals surface area contributed by atoms with Crippen molar-refractivity contribution in [2.24, 2.45) is 0 Å². The van der Waals surface area contributed by atoms with E-state index in [2.05, 4.69) is 15.5 Å². The SMILES string of the molecule is CC(NC(=O)c1cn[nH]c1-c1cccc(Cl)c1)C(O)c1cccc(F)c1. The summed E-state index contributed by atoms with van der Waals surface area (Å²) in [5.41, 5.74) is 1.96. The molecule has 0 fully saturated rings. The van der Waals surface area contributed by atoms with Crippen LogP contribution in [-0.2, 0) is 0 Å². The van der Waals surface area contributed by atoms with Crippen LogP contribution in [0.3, 0.4) is 0 Å². The highest BCUT2D eigenvalue weighted by molar-refractivity contribution is 6.30. The van der Waals surface area contributed by atoms with Crippen LogP contribution in [0.25, 0.3) is 11.3 Å². The third kappa shape index (κ3) is 3.92. The number of carbonyl (C=O) groups excluding carboxylic acids is 1. The van der Waals surface area contributed by atoms with Crippen molar-refractivity contribution in [2.45, 2.75) is 19.1 Å². The van der Waals surface area contributed by atoms with Crippen LogP contribution in [0, 0.1) is 5.82 Å². The highest BCUT2D eigenvalue weighted by Gasteiger charge is 2.22. The van der Waals surface area contributed by atoms with Gasteiger partial charge in [-0.3, -0.25) is 9.89 Å². The number of aliphatic hydroxyl groups excluding tert-OH is 1. The Bertz CT molecular complexity index is 928. The molecule has 0 aliphatic rings. The minimum Gasteiger partial charge on any atom is -0.386 e. The second kappa shape index (κ2) is 7.68. The summed E-state index contributed by atoms with van der Waals surface area (Å²) in [4.78, 5) is 12.6. The van der Waals surface area contributed by atoms with E-state index in [-0.39, 0.29) is 0 Å². The Hall–Kier alpha value is -2.70. The largest absolute Gasteiger partial charge is 0.386 e. The molecule has 3 rings (SSSR count). The number of amides is 1. The van der Waals surface area contributed by atoms with E-state index in [0.717, 1.165) is 5.56 Å². The van der Waals surface area contributed by atoms with Crippen molar-refractivity contribution in [2.75, 3.05) is 0 Å². The van der Waals surface area contributed by atoms with Gasteiger partial charge in [0.2, 0.25) is 0 Å². The van der Waals surface area contributed by atoms with Gasteiger partial charge in [0.25, 0.3) is 5.91 Å². The molecule has 134 valence electrons. The van der Waals surface area contributed by atoms with Gasteiger partial charge in [-0.05, 0) is 36.8 Å². The third-order valence-corrected chi connectivity index (χ3v) is 4.25. The molecular weight excluding hydrogens is 357 g/mol. The molecule has 3 N–H and O–H groups in total. The molecule has 0 saturated carbocycles. The molecular formula is C19H17ClFN3O2. The van der Waals surface area contributed by atoms with Crippen LogP contribution in [0.1, 0.15) is 28.9 Å². The number of nitrogens with zero attached hydrogens (tertiary/aromatic N) is 1. The maximum absolute atomic E-state index is 13.3. The fraction of sp³-hybridized carbons (Fsp3) is 0.158. The number of halogens is 2. The van der Waals surface area contributed by atoms with Crippen LogP contribution in [-0.4, -0.2) is 27.3 Å². The molecule has 0 aliphatic carbocycles. The molecule has 0 spiro atoms. The minimum absolute atomic E-state index is 0.325. The predicted octanol–water partition coefficient (Wildman–Crippen LogP) is 3.72. The van der Waals surface area contributed by atoms with Crippen LogP contribution >= 0.6 is 11.6 Å². The van der Waals surface area contributed by atoms with Crippen LogP contribution in [0.15, 0.2) is 54.7 Å². The zero-order valence-electron chi connectivity index (χ0n) is 13.9. The lowest BCUT2D eigenvalue weighted by molar-refractivity contribution is 0.0852.